The van der Waals surface area contributed by atoms with E-state index in [1.54, 1.807) is 6.21 Å². The van der Waals surface area contributed by atoms with Crippen molar-refractivity contribution >= 4 is 27.8 Å². The first-order chi connectivity index (χ1) is 9.31. The van der Waals surface area contributed by atoms with E-state index in [2.05, 4.69) is 26.5 Å². The van der Waals surface area contributed by atoms with E-state index in [1.165, 1.54) is 0 Å². The zero-order valence-corrected chi connectivity index (χ0v) is 11.6. The first kappa shape index (κ1) is 12.0. The lowest BCUT2D eigenvalue weighted by Gasteiger charge is -2.00. The summed E-state index contributed by atoms with van der Waals surface area (Å²) in [5.74, 6) is 1.53. The number of hydrazone groups is 1. The van der Waals surface area contributed by atoms with Crippen LogP contribution in [0.15, 0.2) is 52.0 Å². The minimum absolute atomic E-state index is 0.285. The lowest BCUT2D eigenvalue weighted by atomic mass is 10.2. The summed E-state index contributed by atoms with van der Waals surface area (Å²) in [6, 6.07) is 13.5. The van der Waals surface area contributed by atoms with Gasteiger partial charge in [0, 0.05) is 4.47 Å². The van der Waals surface area contributed by atoms with E-state index in [-0.39, 0.29) is 6.79 Å². The maximum Gasteiger partial charge on any atom is 0.231 e. The fourth-order valence-corrected chi connectivity index (χ4v) is 1.96. The van der Waals surface area contributed by atoms with Crippen molar-refractivity contribution in [1.29, 1.82) is 0 Å². The van der Waals surface area contributed by atoms with E-state index in [1.807, 2.05) is 42.5 Å². The molecule has 0 saturated heterocycles. The van der Waals surface area contributed by atoms with Gasteiger partial charge >= 0.3 is 0 Å². The lowest BCUT2D eigenvalue weighted by Crippen LogP contribution is -1.93. The molecule has 3 rings (SSSR count). The summed E-state index contributed by atoms with van der Waals surface area (Å²) in [6.45, 7) is 0.285. The van der Waals surface area contributed by atoms with Crippen LogP contribution in [0, 0.1) is 0 Å². The lowest BCUT2D eigenvalue weighted by molar-refractivity contribution is 0.174. The minimum Gasteiger partial charge on any atom is -0.454 e. The van der Waals surface area contributed by atoms with Crippen molar-refractivity contribution in [2.24, 2.45) is 5.10 Å². The van der Waals surface area contributed by atoms with Gasteiger partial charge in [0.15, 0.2) is 11.5 Å². The van der Waals surface area contributed by atoms with Crippen molar-refractivity contribution in [3.05, 3.63) is 52.5 Å². The van der Waals surface area contributed by atoms with Gasteiger partial charge in [-0.25, -0.2) is 0 Å². The Hall–Kier alpha value is -2.01. The molecule has 0 bridgehead atoms. The Balaban J connectivity index is 1.67. The summed E-state index contributed by atoms with van der Waals surface area (Å²) in [6.07, 6.45) is 1.74. The molecule has 2 aromatic carbocycles. The predicted octanol–water partition coefficient (Wildman–Crippen LogP) is 3.62. The van der Waals surface area contributed by atoms with E-state index < -0.39 is 0 Å². The van der Waals surface area contributed by atoms with E-state index in [0.717, 1.165) is 27.2 Å². The molecule has 1 aliphatic rings. The summed E-state index contributed by atoms with van der Waals surface area (Å²) in [7, 11) is 0. The summed E-state index contributed by atoms with van der Waals surface area (Å²) >= 11 is 3.39. The molecule has 5 heteroatoms. The number of fused-ring (bicyclic) bond motifs is 1. The van der Waals surface area contributed by atoms with E-state index in [4.69, 9.17) is 9.47 Å². The van der Waals surface area contributed by atoms with Crippen molar-refractivity contribution in [2.45, 2.75) is 0 Å². The summed E-state index contributed by atoms with van der Waals surface area (Å²) in [5, 5.41) is 4.18. The molecule has 0 spiro atoms. The Bertz CT molecular complexity index is 611. The number of nitrogens with one attached hydrogen (secondary N) is 1. The maximum absolute atomic E-state index is 5.31. The molecule has 96 valence electrons. The molecule has 0 unspecified atom stereocenters. The number of hydrogen-bond acceptors (Lipinski definition) is 4. The fourth-order valence-electron chi connectivity index (χ4n) is 1.70. The van der Waals surface area contributed by atoms with Gasteiger partial charge in [-0.2, -0.15) is 5.10 Å². The number of hydrogen-bond donors (Lipinski definition) is 1. The molecule has 19 heavy (non-hydrogen) atoms. The highest BCUT2D eigenvalue weighted by Crippen LogP contribution is 2.31. The van der Waals surface area contributed by atoms with Gasteiger partial charge in [0.2, 0.25) is 6.79 Å². The van der Waals surface area contributed by atoms with Gasteiger partial charge in [0.25, 0.3) is 0 Å². The highest BCUT2D eigenvalue weighted by atomic mass is 79.9. The van der Waals surface area contributed by atoms with Crippen molar-refractivity contribution in [2.75, 3.05) is 12.2 Å². The molecular formula is C14H11BrN2O2. The third kappa shape index (κ3) is 2.88. The Morgan fingerprint density at radius 3 is 2.68 bits per heavy atom. The van der Waals surface area contributed by atoms with E-state index in [9.17, 15) is 0 Å². The molecule has 1 heterocycles. The minimum atomic E-state index is 0.285. The van der Waals surface area contributed by atoms with Crippen LogP contribution in [0.2, 0.25) is 0 Å². The molecule has 1 aliphatic heterocycles. The smallest absolute Gasteiger partial charge is 0.231 e. The Morgan fingerprint density at radius 1 is 1.05 bits per heavy atom. The number of halogens is 1. The van der Waals surface area contributed by atoms with Crippen LogP contribution in [0.1, 0.15) is 5.56 Å². The third-order valence-corrected chi connectivity index (χ3v) is 3.18. The molecule has 0 aliphatic carbocycles. The van der Waals surface area contributed by atoms with Gasteiger partial charge in [-0.05, 0) is 48.0 Å². The quantitative estimate of drug-likeness (QED) is 0.694. The van der Waals surface area contributed by atoms with Crippen LogP contribution < -0.4 is 14.9 Å². The molecule has 0 atom stereocenters. The first-order valence-electron chi connectivity index (χ1n) is 5.75. The monoisotopic (exact) mass is 318 g/mol. The zero-order chi connectivity index (χ0) is 13.1. The van der Waals surface area contributed by atoms with Gasteiger partial charge in [0.05, 0.1) is 11.9 Å². The molecule has 0 saturated carbocycles. The van der Waals surface area contributed by atoms with Crippen LogP contribution >= 0.6 is 15.9 Å². The molecule has 2 aromatic rings. The maximum atomic E-state index is 5.31. The molecular weight excluding hydrogens is 308 g/mol. The topological polar surface area (TPSA) is 42.9 Å². The van der Waals surface area contributed by atoms with Crippen molar-refractivity contribution < 1.29 is 9.47 Å². The standard InChI is InChI=1S/C14H11BrN2O2/c15-11-2-4-12(5-3-11)17-16-8-10-1-6-13-14(7-10)19-9-18-13/h1-8,17H,9H2. The average molecular weight is 319 g/mol. The van der Waals surface area contributed by atoms with Crippen LogP contribution in [0.3, 0.4) is 0 Å². The van der Waals surface area contributed by atoms with Crippen LogP contribution in [0.4, 0.5) is 5.69 Å². The number of anilines is 1. The third-order valence-electron chi connectivity index (χ3n) is 2.65. The van der Waals surface area contributed by atoms with Crippen LogP contribution in [-0.2, 0) is 0 Å². The van der Waals surface area contributed by atoms with Crippen LogP contribution in [-0.4, -0.2) is 13.0 Å². The van der Waals surface area contributed by atoms with Gasteiger partial charge in [-0.3, -0.25) is 5.43 Å². The molecule has 0 radical (unpaired) electrons. The number of nitrogens with zero attached hydrogens (tertiary/aromatic N) is 1. The fraction of sp³-hybridized carbons (Fsp3) is 0.0714. The zero-order valence-electron chi connectivity index (χ0n) is 9.97. The molecule has 1 N–H and O–H groups in total. The molecule has 0 amide bonds. The Labute approximate surface area is 119 Å². The summed E-state index contributed by atoms with van der Waals surface area (Å²) in [4.78, 5) is 0. The second-order valence-corrected chi connectivity index (χ2v) is 4.91. The second-order valence-electron chi connectivity index (χ2n) is 3.99. The van der Waals surface area contributed by atoms with Crippen molar-refractivity contribution in [3.8, 4) is 11.5 Å². The largest absolute Gasteiger partial charge is 0.454 e. The predicted molar refractivity (Wildman–Crippen MR) is 77.9 cm³/mol. The second kappa shape index (κ2) is 5.32. The Morgan fingerprint density at radius 2 is 1.84 bits per heavy atom. The summed E-state index contributed by atoms with van der Waals surface area (Å²) in [5.41, 5.74) is 4.85. The van der Waals surface area contributed by atoms with Crippen molar-refractivity contribution in [3.63, 3.8) is 0 Å². The molecule has 0 fully saturated rings. The number of benzene rings is 2. The normalized spacial score (nSPS) is 12.9. The van der Waals surface area contributed by atoms with Crippen LogP contribution in [0.5, 0.6) is 11.5 Å². The summed E-state index contributed by atoms with van der Waals surface area (Å²) < 4.78 is 11.6. The van der Waals surface area contributed by atoms with Crippen molar-refractivity contribution in [1.82, 2.24) is 0 Å². The van der Waals surface area contributed by atoms with Gasteiger partial charge < -0.3 is 9.47 Å². The van der Waals surface area contributed by atoms with E-state index in [0.29, 0.717) is 0 Å². The van der Waals surface area contributed by atoms with Gasteiger partial charge in [0.1, 0.15) is 0 Å². The molecule has 4 nitrogen and oxygen atoms in total. The van der Waals surface area contributed by atoms with Crippen LogP contribution in [0.25, 0.3) is 0 Å². The average Bonchev–Trinajstić information content (AvgIpc) is 2.88. The van der Waals surface area contributed by atoms with E-state index >= 15 is 0 Å². The number of rotatable bonds is 3. The number of ether oxygens (including phenoxy) is 2. The van der Waals surface area contributed by atoms with Gasteiger partial charge in [-0.1, -0.05) is 15.9 Å². The Kier molecular flexibility index (Phi) is 3.37. The van der Waals surface area contributed by atoms with Gasteiger partial charge in [-0.15, -0.1) is 0 Å². The highest BCUT2D eigenvalue weighted by molar-refractivity contribution is 9.10. The molecule has 0 aromatic heterocycles. The highest BCUT2D eigenvalue weighted by Gasteiger charge is 2.12. The first-order valence-corrected chi connectivity index (χ1v) is 6.55. The SMILES string of the molecule is Brc1ccc(NN=Cc2ccc3c(c2)OCO3)cc1.